The van der Waals surface area contributed by atoms with Crippen LogP contribution in [-0.2, 0) is 12.8 Å². The number of unbranched alkanes of at least 4 members (excludes halogenated alkanes) is 1. The Morgan fingerprint density at radius 3 is 2.43 bits per heavy atom. The maximum absolute atomic E-state index is 8.68. The summed E-state index contributed by atoms with van der Waals surface area (Å²) in [6.07, 6.45) is 5.48. The Labute approximate surface area is 86.8 Å². The molecule has 1 aromatic carbocycles. The van der Waals surface area contributed by atoms with E-state index in [-0.39, 0.29) is 0 Å². The Kier molecular flexibility index (Phi) is 5.31. The Morgan fingerprint density at radius 1 is 1.07 bits per heavy atom. The third kappa shape index (κ3) is 3.93. The lowest BCUT2D eigenvalue weighted by Gasteiger charge is -2.03. The van der Waals surface area contributed by atoms with E-state index in [9.17, 15) is 0 Å². The highest BCUT2D eigenvalue weighted by Gasteiger charge is 1.95. The minimum absolute atomic E-state index is 0.314. The van der Waals surface area contributed by atoms with Crippen molar-refractivity contribution in [2.45, 2.75) is 39.0 Å². The number of aliphatic hydroxyl groups is 1. The van der Waals surface area contributed by atoms with Crippen LogP contribution in [0.25, 0.3) is 0 Å². The molecule has 0 aromatic heterocycles. The molecule has 1 N–H and O–H groups in total. The Bertz CT molecular complexity index is 255. The molecule has 0 unspecified atom stereocenters. The Morgan fingerprint density at radius 2 is 1.79 bits per heavy atom. The normalized spacial score (nSPS) is 10.4. The van der Waals surface area contributed by atoms with E-state index in [2.05, 4.69) is 31.2 Å². The third-order valence-electron chi connectivity index (χ3n) is 2.40. The summed E-state index contributed by atoms with van der Waals surface area (Å²) >= 11 is 0. The zero-order valence-corrected chi connectivity index (χ0v) is 9.00. The van der Waals surface area contributed by atoms with Crippen LogP contribution in [0.4, 0.5) is 0 Å². The van der Waals surface area contributed by atoms with Gasteiger partial charge >= 0.3 is 0 Å². The van der Waals surface area contributed by atoms with Crippen LogP contribution < -0.4 is 0 Å². The fraction of sp³-hybridized carbons (Fsp3) is 0.538. The average molecular weight is 192 g/mol. The van der Waals surface area contributed by atoms with Crippen LogP contribution in [0.5, 0.6) is 0 Å². The van der Waals surface area contributed by atoms with E-state index in [0.29, 0.717) is 6.61 Å². The topological polar surface area (TPSA) is 20.2 Å². The minimum atomic E-state index is 0.314. The van der Waals surface area contributed by atoms with Gasteiger partial charge in [-0.05, 0) is 36.8 Å². The Hall–Kier alpha value is -0.820. The van der Waals surface area contributed by atoms with Gasteiger partial charge in [0.2, 0.25) is 0 Å². The van der Waals surface area contributed by atoms with Gasteiger partial charge in [0.25, 0.3) is 0 Å². The molecule has 14 heavy (non-hydrogen) atoms. The van der Waals surface area contributed by atoms with E-state index in [1.165, 1.54) is 24.0 Å². The van der Waals surface area contributed by atoms with Gasteiger partial charge in [0.15, 0.2) is 0 Å². The summed E-state index contributed by atoms with van der Waals surface area (Å²) in [5.74, 6) is 0. The molecule has 1 aromatic rings. The SMILES string of the molecule is CCCc1cccc(CCCCO)c1. The number of rotatable bonds is 6. The highest BCUT2D eigenvalue weighted by atomic mass is 16.2. The second kappa shape index (κ2) is 6.61. The summed E-state index contributed by atoms with van der Waals surface area (Å²) in [5, 5.41) is 8.68. The second-order valence-corrected chi connectivity index (χ2v) is 3.75. The van der Waals surface area contributed by atoms with Crippen molar-refractivity contribution in [3.05, 3.63) is 35.4 Å². The van der Waals surface area contributed by atoms with Crippen molar-refractivity contribution in [1.29, 1.82) is 0 Å². The van der Waals surface area contributed by atoms with Gasteiger partial charge < -0.3 is 5.11 Å². The molecule has 0 atom stereocenters. The molecule has 0 fully saturated rings. The first-order valence-corrected chi connectivity index (χ1v) is 5.55. The smallest absolute Gasteiger partial charge is 0.0431 e. The highest BCUT2D eigenvalue weighted by Crippen LogP contribution is 2.10. The lowest BCUT2D eigenvalue weighted by molar-refractivity contribution is 0.284. The van der Waals surface area contributed by atoms with Crippen LogP contribution in [0, 0.1) is 0 Å². The van der Waals surface area contributed by atoms with Crippen molar-refractivity contribution in [2.75, 3.05) is 6.61 Å². The number of benzene rings is 1. The van der Waals surface area contributed by atoms with Crippen LogP contribution in [0.3, 0.4) is 0 Å². The molecule has 0 spiro atoms. The van der Waals surface area contributed by atoms with Crippen molar-refractivity contribution >= 4 is 0 Å². The van der Waals surface area contributed by atoms with Crippen LogP contribution in [0.1, 0.15) is 37.3 Å². The molecule has 0 saturated carbocycles. The Balaban J connectivity index is 2.46. The summed E-state index contributed by atoms with van der Waals surface area (Å²) in [6, 6.07) is 8.80. The molecule has 0 saturated heterocycles. The van der Waals surface area contributed by atoms with Gasteiger partial charge in [-0.3, -0.25) is 0 Å². The lowest BCUT2D eigenvalue weighted by atomic mass is 10.0. The molecule has 1 rings (SSSR count). The third-order valence-corrected chi connectivity index (χ3v) is 2.40. The van der Waals surface area contributed by atoms with Crippen molar-refractivity contribution in [1.82, 2.24) is 0 Å². The van der Waals surface area contributed by atoms with E-state index >= 15 is 0 Å². The standard InChI is InChI=1S/C13H20O/c1-2-6-12-8-5-9-13(11-12)7-3-4-10-14/h5,8-9,11,14H,2-4,6-7,10H2,1H3. The van der Waals surface area contributed by atoms with Gasteiger partial charge in [-0.2, -0.15) is 0 Å². The monoisotopic (exact) mass is 192 g/mol. The van der Waals surface area contributed by atoms with Gasteiger partial charge in [-0.15, -0.1) is 0 Å². The molecule has 0 aliphatic carbocycles. The summed E-state index contributed by atoms with van der Waals surface area (Å²) in [7, 11) is 0. The maximum atomic E-state index is 8.68. The summed E-state index contributed by atoms with van der Waals surface area (Å²) in [6.45, 7) is 2.52. The van der Waals surface area contributed by atoms with E-state index in [4.69, 9.17) is 5.11 Å². The van der Waals surface area contributed by atoms with E-state index < -0.39 is 0 Å². The highest BCUT2D eigenvalue weighted by molar-refractivity contribution is 5.23. The quantitative estimate of drug-likeness (QED) is 0.687. The van der Waals surface area contributed by atoms with Crippen molar-refractivity contribution < 1.29 is 5.11 Å². The van der Waals surface area contributed by atoms with Gasteiger partial charge in [-0.25, -0.2) is 0 Å². The predicted octanol–water partition coefficient (Wildman–Crippen LogP) is 2.95. The van der Waals surface area contributed by atoms with Crippen LogP contribution in [-0.4, -0.2) is 11.7 Å². The summed E-state index contributed by atoms with van der Waals surface area (Å²) in [4.78, 5) is 0. The largest absolute Gasteiger partial charge is 0.396 e. The molecule has 0 bridgehead atoms. The zero-order valence-electron chi connectivity index (χ0n) is 9.00. The van der Waals surface area contributed by atoms with Crippen molar-refractivity contribution in [3.63, 3.8) is 0 Å². The second-order valence-electron chi connectivity index (χ2n) is 3.75. The lowest BCUT2D eigenvalue weighted by Crippen LogP contribution is -1.90. The molecule has 0 radical (unpaired) electrons. The molecule has 0 aliphatic heterocycles. The maximum Gasteiger partial charge on any atom is 0.0431 e. The predicted molar refractivity (Wildman–Crippen MR) is 60.5 cm³/mol. The molecule has 78 valence electrons. The first-order chi connectivity index (χ1) is 6.86. The van der Waals surface area contributed by atoms with E-state index in [1.807, 2.05) is 0 Å². The number of aryl methyl sites for hydroxylation is 2. The van der Waals surface area contributed by atoms with Crippen molar-refractivity contribution in [2.24, 2.45) is 0 Å². The fourth-order valence-corrected chi connectivity index (χ4v) is 1.67. The number of aliphatic hydroxyl groups excluding tert-OH is 1. The van der Waals surface area contributed by atoms with Crippen LogP contribution >= 0.6 is 0 Å². The first kappa shape index (κ1) is 11.3. The van der Waals surface area contributed by atoms with Gasteiger partial charge in [-0.1, -0.05) is 37.6 Å². The van der Waals surface area contributed by atoms with Crippen molar-refractivity contribution in [3.8, 4) is 0 Å². The zero-order chi connectivity index (χ0) is 10.2. The number of hydrogen-bond acceptors (Lipinski definition) is 1. The number of hydrogen-bond donors (Lipinski definition) is 1. The molecule has 1 nitrogen and oxygen atoms in total. The van der Waals surface area contributed by atoms with Crippen LogP contribution in [0.2, 0.25) is 0 Å². The minimum Gasteiger partial charge on any atom is -0.396 e. The summed E-state index contributed by atoms with van der Waals surface area (Å²) in [5.41, 5.74) is 2.85. The van der Waals surface area contributed by atoms with Crippen LogP contribution in [0.15, 0.2) is 24.3 Å². The van der Waals surface area contributed by atoms with Gasteiger partial charge in [0.05, 0.1) is 0 Å². The molecule has 0 amide bonds. The van der Waals surface area contributed by atoms with E-state index in [1.54, 1.807) is 0 Å². The van der Waals surface area contributed by atoms with Gasteiger partial charge in [0, 0.05) is 6.61 Å². The fourth-order valence-electron chi connectivity index (χ4n) is 1.67. The summed E-state index contributed by atoms with van der Waals surface area (Å²) < 4.78 is 0. The molecular weight excluding hydrogens is 172 g/mol. The molecule has 0 heterocycles. The molecule has 0 aliphatic rings. The molecule has 1 heteroatoms. The first-order valence-electron chi connectivity index (χ1n) is 5.55. The average Bonchev–Trinajstić information content (AvgIpc) is 2.19. The van der Waals surface area contributed by atoms with E-state index in [0.717, 1.165) is 19.3 Å². The molecular formula is C13H20O. The van der Waals surface area contributed by atoms with Gasteiger partial charge in [0.1, 0.15) is 0 Å².